The molecule has 8 nitrogen and oxygen atoms in total. The average Bonchev–Trinajstić information content (AvgIpc) is 2.85. The highest BCUT2D eigenvalue weighted by atomic mass is 35.5. The van der Waals surface area contributed by atoms with Gasteiger partial charge in [0.25, 0.3) is 5.56 Å². The maximum Gasteiger partial charge on any atom is 0.250 e. The van der Waals surface area contributed by atoms with Crippen LogP contribution < -0.4 is 15.0 Å². The Morgan fingerprint density at radius 2 is 1.77 bits per heavy atom. The van der Waals surface area contributed by atoms with Crippen LogP contribution in [-0.4, -0.2) is 35.0 Å². The SMILES string of the molecule is CC(N[S+]([O-])C(C)(C)C)c1cc(=O)n(C)cc1-c1cc(CCNS(=O)[O-])c(Cl)cc1C(=O)c1ccc(Cl)cc1. The number of pyridine rings is 1. The summed E-state index contributed by atoms with van der Waals surface area (Å²) in [7, 11) is 1.60. The molecule has 1 heterocycles. The molecule has 3 rings (SSSR count). The van der Waals surface area contributed by atoms with Gasteiger partial charge in [0.15, 0.2) is 5.78 Å². The van der Waals surface area contributed by atoms with Crippen molar-refractivity contribution in [3.8, 4) is 11.1 Å². The summed E-state index contributed by atoms with van der Waals surface area (Å²) in [6, 6.07) is 10.7. The van der Waals surface area contributed by atoms with Crippen molar-refractivity contribution in [2.45, 2.75) is 44.9 Å². The monoisotopic (exact) mass is 610 g/mol. The second-order valence-corrected chi connectivity index (χ2v) is 13.6. The fourth-order valence-corrected chi connectivity index (χ4v) is 5.33. The van der Waals surface area contributed by atoms with Gasteiger partial charge in [0.05, 0.1) is 6.04 Å². The third-order valence-corrected chi connectivity index (χ3v) is 8.73. The van der Waals surface area contributed by atoms with Crippen LogP contribution in [0.2, 0.25) is 10.0 Å². The van der Waals surface area contributed by atoms with Gasteiger partial charge in [-0.1, -0.05) is 23.2 Å². The van der Waals surface area contributed by atoms with E-state index >= 15 is 0 Å². The first kappa shape index (κ1) is 31.5. The van der Waals surface area contributed by atoms with E-state index in [0.29, 0.717) is 37.9 Å². The highest BCUT2D eigenvalue weighted by Crippen LogP contribution is 2.35. The lowest BCUT2D eigenvalue weighted by atomic mass is 9.89. The standard InChI is InChI=1S/C27H31Cl2N3O5S2/c1-16(31-38(35)27(2,3)4)20-14-25(33)32(5)15-23(20)21-12-18(10-11-30-39(36)37)24(29)13-22(21)26(34)17-6-8-19(28)9-7-17/h6-9,12-16,30-31H,10-11H2,1-5H3,(H,36,37)/p-1. The van der Waals surface area contributed by atoms with Gasteiger partial charge in [0, 0.05) is 75.2 Å². The molecule has 0 radical (unpaired) electrons. The molecule has 3 aromatic rings. The number of ketones is 1. The summed E-state index contributed by atoms with van der Waals surface area (Å²) in [6.07, 6.45) is 1.89. The molecule has 0 aliphatic carbocycles. The van der Waals surface area contributed by atoms with Gasteiger partial charge >= 0.3 is 0 Å². The third kappa shape index (κ3) is 8.02. The Morgan fingerprint density at radius 3 is 2.36 bits per heavy atom. The van der Waals surface area contributed by atoms with Crippen molar-refractivity contribution in [3.05, 3.63) is 91.3 Å². The molecular formula is C27H30Cl2N3O5S2-. The normalized spacial score (nSPS) is 14.2. The van der Waals surface area contributed by atoms with Gasteiger partial charge in [-0.15, -0.1) is 4.72 Å². The minimum absolute atomic E-state index is 0.0996. The molecule has 0 fully saturated rings. The lowest BCUT2D eigenvalue weighted by Gasteiger charge is -2.27. The van der Waals surface area contributed by atoms with E-state index in [4.69, 9.17) is 23.2 Å². The molecule has 3 atom stereocenters. The minimum atomic E-state index is -2.44. The van der Waals surface area contributed by atoms with Crippen LogP contribution >= 0.6 is 23.2 Å². The molecule has 12 heteroatoms. The summed E-state index contributed by atoms with van der Waals surface area (Å²) in [4.78, 5) is 26.4. The third-order valence-electron chi connectivity index (χ3n) is 6.01. The van der Waals surface area contributed by atoms with Gasteiger partial charge in [0.2, 0.25) is 0 Å². The van der Waals surface area contributed by atoms with Crippen molar-refractivity contribution in [2.75, 3.05) is 6.54 Å². The van der Waals surface area contributed by atoms with E-state index < -0.39 is 33.4 Å². The van der Waals surface area contributed by atoms with E-state index in [-0.39, 0.29) is 29.9 Å². The van der Waals surface area contributed by atoms with Gasteiger partial charge in [-0.3, -0.25) is 13.8 Å². The fraction of sp³-hybridized carbons (Fsp3) is 0.333. The largest absolute Gasteiger partial charge is 0.760 e. The second-order valence-electron chi connectivity index (χ2n) is 10.0. The maximum absolute atomic E-state index is 13.7. The molecular weight excluding hydrogens is 581 g/mol. The average molecular weight is 612 g/mol. The summed E-state index contributed by atoms with van der Waals surface area (Å²) in [5.74, 6) is -0.312. The highest BCUT2D eigenvalue weighted by Gasteiger charge is 2.30. The van der Waals surface area contributed by atoms with Gasteiger partial charge in [-0.05, 0) is 87.2 Å². The minimum Gasteiger partial charge on any atom is -0.760 e. The van der Waals surface area contributed by atoms with Crippen LogP contribution in [0.1, 0.15) is 60.8 Å². The first-order chi connectivity index (χ1) is 18.2. The predicted octanol–water partition coefficient (Wildman–Crippen LogP) is 4.63. The summed E-state index contributed by atoms with van der Waals surface area (Å²) in [6.45, 7) is 7.41. The Labute approximate surface area is 243 Å². The van der Waals surface area contributed by atoms with Gasteiger partial charge in [-0.2, -0.15) is 0 Å². The number of nitrogens with one attached hydrogen (secondary N) is 2. The lowest BCUT2D eigenvalue weighted by molar-refractivity contribution is 0.103. The lowest BCUT2D eigenvalue weighted by Crippen LogP contribution is -2.41. The molecule has 0 amide bonds. The van der Waals surface area contributed by atoms with E-state index in [1.54, 1.807) is 56.6 Å². The van der Waals surface area contributed by atoms with Crippen LogP contribution in [0.5, 0.6) is 0 Å². The number of benzene rings is 2. The van der Waals surface area contributed by atoms with E-state index in [1.165, 1.54) is 10.6 Å². The number of rotatable bonds is 10. The van der Waals surface area contributed by atoms with E-state index in [2.05, 4.69) is 9.44 Å². The summed E-state index contributed by atoms with van der Waals surface area (Å²) in [5.41, 5.74) is 2.63. The number of nitrogens with zero attached hydrogens (tertiary/aromatic N) is 1. The van der Waals surface area contributed by atoms with Crippen molar-refractivity contribution in [1.82, 2.24) is 14.0 Å². The van der Waals surface area contributed by atoms with E-state index in [1.807, 2.05) is 20.8 Å². The summed E-state index contributed by atoms with van der Waals surface area (Å²) in [5, 5.41) is 0.774. The number of halogens is 2. The molecule has 2 aromatic carbocycles. The van der Waals surface area contributed by atoms with Crippen LogP contribution in [0.15, 0.2) is 53.5 Å². The van der Waals surface area contributed by atoms with Gasteiger partial charge in [-0.25, -0.2) is 4.72 Å². The number of hydrogen-bond donors (Lipinski definition) is 2. The first-order valence-corrected chi connectivity index (χ1v) is 15.0. The number of carbonyl (C=O) groups is 1. The fourth-order valence-electron chi connectivity index (χ4n) is 3.87. The topological polar surface area (TPSA) is 126 Å². The Balaban J connectivity index is 2.24. The molecule has 0 saturated heterocycles. The number of aromatic nitrogens is 1. The zero-order valence-corrected chi connectivity index (χ0v) is 25.3. The molecule has 0 aliphatic heterocycles. The van der Waals surface area contributed by atoms with E-state index in [0.717, 1.165) is 0 Å². The molecule has 210 valence electrons. The van der Waals surface area contributed by atoms with Crippen molar-refractivity contribution < 1.29 is 18.1 Å². The number of carbonyl (C=O) groups excluding carboxylic acids is 1. The zero-order valence-electron chi connectivity index (χ0n) is 22.2. The Morgan fingerprint density at radius 1 is 1.13 bits per heavy atom. The molecule has 1 aromatic heterocycles. The van der Waals surface area contributed by atoms with Crippen molar-refractivity contribution in [1.29, 1.82) is 0 Å². The molecule has 3 unspecified atom stereocenters. The second kappa shape index (κ2) is 13.1. The summed E-state index contributed by atoms with van der Waals surface area (Å²) >= 11 is 8.73. The zero-order chi connectivity index (χ0) is 29.1. The molecule has 0 saturated carbocycles. The molecule has 0 aliphatic rings. The van der Waals surface area contributed by atoms with Crippen molar-refractivity contribution >= 4 is 51.6 Å². The number of aryl methyl sites for hydroxylation is 1. The van der Waals surface area contributed by atoms with Crippen LogP contribution in [0.25, 0.3) is 11.1 Å². The van der Waals surface area contributed by atoms with Gasteiger partial charge in [0.1, 0.15) is 4.75 Å². The Hall–Kier alpha value is -2.02. The highest BCUT2D eigenvalue weighted by molar-refractivity contribution is 7.90. The Bertz CT molecular complexity index is 1440. The summed E-state index contributed by atoms with van der Waals surface area (Å²) < 4.78 is 41.1. The first-order valence-electron chi connectivity index (χ1n) is 12.0. The smallest absolute Gasteiger partial charge is 0.250 e. The number of hydrogen-bond acceptors (Lipinski definition) is 6. The van der Waals surface area contributed by atoms with E-state index in [9.17, 15) is 22.9 Å². The molecule has 2 N–H and O–H groups in total. The quantitative estimate of drug-likeness (QED) is 0.196. The molecule has 0 spiro atoms. The van der Waals surface area contributed by atoms with Crippen LogP contribution in [0.4, 0.5) is 0 Å². The molecule has 0 bridgehead atoms. The molecule has 39 heavy (non-hydrogen) atoms. The maximum atomic E-state index is 13.7. The van der Waals surface area contributed by atoms with Crippen molar-refractivity contribution in [3.63, 3.8) is 0 Å². The van der Waals surface area contributed by atoms with Crippen molar-refractivity contribution in [2.24, 2.45) is 7.05 Å². The van der Waals surface area contributed by atoms with Crippen LogP contribution in [0.3, 0.4) is 0 Å². The van der Waals surface area contributed by atoms with Gasteiger partial charge < -0.3 is 13.7 Å². The Kier molecular flexibility index (Phi) is 10.6. The predicted molar refractivity (Wildman–Crippen MR) is 157 cm³/mol. The van der Waals surface area contributed by atoms with Crippen LogP contribution in [0, 0.1) is 0 Å². The van der Waals surface area contributed by atoms with Crippen LogP contribution in [-0.2, 0) is 36.1 Å².